The Hall–Kier alpha value is -0.450. The van der Waals surface area contributed by atoms with Crippen LogP contribution in [-0.4, -0.2) is 15.9 Å². The second-order valence-corrected chi connectivity index (χ2v) is 1.40. The molecule has 1 aromatic rings. The number of aliphatic carboxylic acids is 1. The molecule has 0 aliphatic heterocycles. The molecule has 1 heterocycles. The fourth-order valence-electron chi connectivity index (χ4n) is 0.253. The molecule has 11 heavy (non-hydrogen) atoms. The fraction of sp³-hybridized carbons (Fsp3) is 0.167. The summed E-state index contributed by atoms with van der Waals surface area (Å²) in [6.45, 7) is 0.972. The first-order valence-electron chi connectivity index (χ1n) is 2.61. The molecule has 0 aliphatic rings. The number of nitrogens with zero attached hydrogens (tertiary/aromatic N) is 2. The van der Waals surface area contributed by atoms with Gasteiger partial charge in [-0.3, -0.25) is 0 Å². The van der Waals surface area contributed by atoms with E-state index in [2.05, 4.69) is 9.97 Å². The monoisotopic (exact) mass is 162 g/mol. The number of carbonyl (C=O) groups is 1. The van der Waals surface area contributed by atoms with Crippen LogP contribution in [-0.2, 0) is 4.79 Å². The van der Waals surface area contributed by atoms with Crippen LogP contribution in [0.1, 0.15) is 6.92 Å². The van der Waals surface area contributed by atoms with Crippen LogP contribution >= 0.6 is 0 Å². The van der Waals surface area contributed by atoms with Crippen molar-refractivity contribution in [2.75, 3.05) is 0 Å². The molecule has 0 radical (unpaired) electrons. The molecule has 54 valence electrons. The third-order valence-electron chi connectivity index (χ3n) is 0.478. The third-order valence-corrected chi connectivity index (χ3v) is 0.478. The molecule has 0 saturated heterocycles. The van der Waals surface area contributed by atoms with Crippen LogP contribution in [0, 0.1) is 0 Å². The minimum atomic E-state index is -1.08. The van der Waals surface area contributed by atoms with Gasteiger partial charge in [-0.1, -0.05) is 0 Å². The van der Waals surface area contributed by atoms with E-state index < -0.39 is 5.97 Å². The minimum absolute atomic E-state index is 0. The molecule has 0 spiro atoms. The van der Waals surface area contributed by atoms with Crippen LogP contribution in [0.15, 0.2) is 24.8 Å². The van der Waals surface area contributed by atoms with Crippen molar-refractivity contribution in [2.24, 2.45) is 0 Å². The van der Waals surface area contributed by atoms with Gasteiger partial charge < -0.3 is 9.90 Å². The maximum Gasteiger partial charge on any atom is 1.00 e. The number of carboxylic acids is 1. The van der Waals surface area contributed by atoms with Crippen molar-refractivity contribution in [3.63, 3.8) is 0 Å². The minimum Gasteiger partial charge on any atom is -0.550 e. The van der Waals surface area contributed by atoms with E-state index in [0.717, 1.165) is 6.92 Å². The normalized spacial score (nSPS) is 6.64. The Morgan fingerprint density at radius 1 is 1.36 bits per heavy atom. The molecule has 0 aromatic carbocycles. The Balaban J connectivity index is 0. The first-order valence-corrected chi connectivity index (χ1v) is 2.61. The van der Waals surface area contributed by atoms with Crippen LogP contribution in [0.4, 0.5) is 0 Å². The van der Waals surface area contributed by atoms with Crippen molar-refractivity contribution in [1.82, 2.24) is 9.97 Å². The average molecular weight is 162 g/mol. The Morgan fingerprint density at radius 3 is 1.82 bits per heavy atom. The molecule has 5 heteroatoms. The van der Waals surface area contributed by atoms with Crippen molar-refractivity contribution in [3.05, 3.63) is 24.8 Å². The van der Waals surface area contributed by atoms with Gasteiger partial charge in [-0.25, -0.2) is 9.97 Å². The molecular weight excluding hydrogens is 155 g/mol. The van der Waals surface area contributed by atoms with Crippen molar-refractivity contribution in [1.29, 1.82) is 0 Å². The first kappa shape index (κ1) is 13.2. The first-order chi connectivity index (χ1) is 4.73. The van der Waals surface area contributed by atoms with Gasteiger partial charge in [0.1, 0.15) is 6.33 Å². The van der Waals surface area contributed by atoms with E-state index in [1.807, 2.05) is 0 Å². The summed E-state index contributed by atoms with van der Waals surface area (Å²) in [5.74, 6) is -1.08. The van der Waals surface area contributed by atoms with Gasteiger partial charge in [0.25, 0.3) is 0 Å². The van der Waals surface area contributed by atoms with E-state index in [4.69, 9.17) is 9.90 Å². The van der Waals surface area contributed by atoms with Crippen molar-refractivity contribution in [2.45, 2.75) is 6.92 Å². The number of hydrogen-bond donors (Lipinski definition) is 0. The van der Waals surface area contributed by atoms with Gasteiger partial charge in [0.15, 0.2) is 0 Å². The average Bonchev–Trinajstić information content (AvgIpc) is 1.90. The maximum atomic E-state index is 8.89. The van der Waals surface area contributed by atoms with Crippen LogP contribution in [0.3, 0.4) is 0 Å². The number of rotatable bonds is 0. The number of carboxylic acid groups (broad SMARTS) is 1. The summed E-state index contributed by atoms with van der Waals surface area (Å²) in [7, 11) is 0. The predicted octanol–water partition coefficient (Wildman–Crippen LogP) is -3.76. The SMILES string of the molecule is CC(=O)[O-].[Na+].c1cncnc1. The van der Waals surface area contributed by atoms with Gasteiger partial charge in [0.2, 0.25) is 0 Å². The zero-order chi connectivity index (χ0) is 7.82. The van der Waals surface area contributed by atoms with Crippen LogP contribution in [0.5, 0.6) is 0 Å². The smallest absolute Gasteiger partial charge is 0.550 e. The molecule has 0 saturated carbocycles. The number of aromatic nitrogens is 2. The zero-order valence-electron chi connectivity index (χ0n) is 6.52. The van der Waals surface area contributed by atoms with Gasteiger partial charge in [-0.15, -0.1) is 0 Å². The fourth-order valence-corrected chi connectivity index (χ4v) is 0.253. The Kier molecular flexibility index (Phi) is 11.4. The van der Waals surface area contributed by atoms with Crippen LogP contribution in [0.25, 0.3) is 0 Å². The summed E-state index contributed by atoms with van der Waals surface area (Å²) >= 11 is 0. The standard InChI is InChI=1S/C4H4N2.C2H4O2.Na/c1-2-5-4-6-3-1;1-2(3)4;/h1-4H;1H3,(H,3,4);/q;;+1/p-1. The Labute approximate surface area is 87.0 Å². The second kappa shape index (κ2) is 9.55. The summed E-state index contributed by atoms with van der Waals surface area (Å²) in [6, 6.07) is 1.78. The van der Waals surface area contributed by atoms with Crippen molar-refractivity contribution < 1.29 is 39.5 Å². The summed E-state index contributed by atoms with van der Waals surface area (Å²) in [5.41, 5.74) is 0. The zero-order valence-corrected chi connectivity index (χ0v) is 8.52. The molecule has 0 unspecified atom stereocenters. The molecule has 1 aromatic heterocycles. The predicted molar refractivity (Wildman–Crippen MR) is 32.7 cm³/mol. The van der Waals surface area contributed by atoms with Gasteiger partial charge in [-0.2, -0.15) is 0 Å². The summed E-state index contributed by atoms with van der Waals surface area (Å²) in [6.07, 6.45) is 4.88. The second-order valence-electron chi connectivity index (χ2n) is 1.40. The number of hydrogen-bond acceptors (Lipinski definition) is 4. The van der Waals surface area contributed by atoms with Crippen molar-refractivity contribution >= 4 is 5.97 Å². The molecule has 0 amide bonds. The quantitative estimate of drug-likeness (QED) is 0.367. The molecule has 0 N–H and O–H groups in total. The molecule has 0 bridgehead atoms. The van der Waals surface area contributed by atoms with E-state index >= 15 is 0 Å². The molecule has 0 atom stereocenters. The van der Waals surface area contributed by atoms with E-state index in [0.29, 0.717) is 0 Å². The van der Waals surface area contributed by atoms with E-state index in [9.17, 15) is 0 Å². The van der Waals surface area contributed by atoms with E-state index in [-0.39, 0.29) is 29.6 Å². The van der Waals surface area contributed by atoms with Crippen LogP contribution in [0.2, 0.25) is 0 Å². The van der Waals surface area contributed by atoms with Crippen LogP contribution < -0.4 is 34.7 Å². The van der Waals surface area contributed by atoms with E-state index in [1.54, 1.807) is 18.5 Å². The van der Waals surface area contributed by atoms with E-state index in [1.165, 1.54) is 6.33 Å². The summed E-state index contributed by atoms with van der Waals surface area (Å²) in [4.78, 5) is 16.2. The third kappa shape index (κ3) is 17.7. The molecule has 4 nitrogen and oxygen atoms in total. The van der Waals surface area contributed by atoms with Gasteiger partial charge in [-0.05, 0) is 13.0 Å². The topological polar surface area (TPSA) is 65.9 Å². The Bertz CT molecular complexity index is 150. The summed E-state index contributed by atoms with van der Waals surface area (Å²) < 4.78 is 0. The van der Waals surface area contributed by atoms with Gasteiger partial charge >= 0.3 is 29.6 Å². The molecule has 1 rings (SSSR count). The van der Waals surface area contributed by atoms with Gasteiger partial charge in [0.05, 0.1) is 0 Å². The summed E-state index contributed by atoms with van der Waals surface area (Å²) in [5, 5.41) is 8.89. The molecule has 0 aliphatic carbocycles. The van der Waals surface area contributed by atoms with Gasteiger partial charge in [0, 0.05) is 18.4 Å². The molecule has 0 fully saturated rings. The number of carbonyl (C=O) groups excluding carboxylic acids is 1. The largest absolute Gasteiger partial charge is 1.00 e. The maximum absolute atomic E-state index is 8.89. The Morgan fingerprint density at radius 2 is 1.73 bits per heavy atom. The molecular formula is C6H7N2NaO2. The van der Waals surface area contributed by atoms with Crippen molar-refractivity contribution in [3.8, 4) is 0 Å².